The van der Waals surface area contributed by atoms with Gasteiger partial charge in [0, 0.05) is 24.3 Å². The van der Waals surface area contributed by atoms with Crippen LogP contribution in [0.5, 0.6) is 11.5 Å². The van der Waals surface area contributed by atoms with Crippen LogP contribution in [-0.2, 0) is 10.2 Å². The molecule has 4 fully saturated rings. The standard InChI is InChI=1S/C24H33NO3/c1-25-13-12-24(11-10-19(26)15-23(24)25)18-8-9-21(27-16-17-6-7-17)22(14-18)28-20-4-2-3-5-20/h8-9,14,17,20,23H,2-7,10-13,15-16H2,1H3/t23-,24-/m0/s1. The number of carbonyl (C=O) groups excluding carboxylic acids is 1. The largest absolute Gasteiger partial charge is 0.489 e. The molecule has 3 saturated carbocycles. The minimum Gasteiger partial charge on any atom is -0.489 e. The maximum atomic E-state index is 12.2. The number of ether oxygens (including phenoxy) is 2. The van der Waals surface area contributed by atoms with Crippen LogP contribution < -0.4 is 9.47 Å². The molecule has 0 amide bonds. The average molecular weight is 384 g/mol. The summed E-state index contributed by atoms with van der Waals surface area (Å²) in [6, 6.07) is 6.99. The van der Waals surface area contributed by atoms with E-state index in [2.05, 4.69) is 30.1 Å². The summed E-state index contributed by atoms with van der Waals surface area (Å²) in [6.07, 6.45) is 11.2. The van der Waals surface area contributed by atoms with Gasteiger partial charge in [-0.05, 0) is 88.6 Å². The highest BCUT2D eigenvalue weighted by Crippen LogP contribution is 2.49. The molecular formula is C24H33NO3. The van der Waals surface area contributed by atoms with Crippen molar-refractivity contribution in [2.75, 3.05) is 20.2 Å². The van der Waals surface area contributed by atoms with Crippen molar-refractivity contribution in [3.63, 3.8) is 0 Å². The van der Waals surface area contributed by atoms with Gasteiger partial charge in [-0.1, -0.05) is 6.07 Å². The Balaban J connectivity index is 1.45. The molecule has 0 bridgehead atoms. The fourth-order valence-corrected chi connectivity index (χ4v) is 5.63. The molecule has 1 aliphatic heterocycles. The molecule has 152 valence electrons. The molecule has 0 unspecified atom stereocenters. The normalized spacial score (nSPS) is 31.2. The molecule has 0 radical (unpaired) electrons. The summed E-state index contributed by atoms with van der Waals surface area (Å²) >= 11 is 0. The van der Waals surface area contributed by atoms with Crippen molar-refractivity contribution >= 4 is 5.78 Å². The minimum atomic E-state index is 0.0888. The molecule has 1 saturated heterocycles. The first kappa shape index (κ1) is 18.5. The summed E-state index contributed by atoms with van der Waals surface area (Å²) in [4.78, 5) is 14.6. The van der Waals surface area contributed by atoms with Crippen LogP contribution in [0.3, 0.4) is 0 Å². The number of likely N-dealkylation sites (tertiary alicyclic amines) is 1. The molecule has 2 atom stereocenters. The number of carbonyl (C=O) groups is 1. The number of hydrogen-bond acceptors (Lipinski definition) is 4. The Hall–Kier alpha value is -1.55. The first-order valence-corrected chi connectivity index (χ1v) is 11.3. The molecule has 0 aromatic heterocycles. The van der Waals surface area contributed by atoms with Crippen LogP contribution in [0.2, 0.25) is 0 Å². The zero-order valence-electron chi connectivity index (χ0n) is 17.1. The van der Waals surface area contributed by atoms with Crippen molar-refractivity contribution in [1.82, 2.24) is 4.90 Å². The fraction of sp³-hybridized carbons (Fsp3) is 0.708. The van der Waals surface area contributed by atoms with E-state index in [0.29, 0.717) is 30.8 Å². The number of nitrogens with zero attached hydrogens (tertiary/aromatic N) is 1. The Morgan fingerprint density at radius 2 is 1.93 bits per heavy atom. The Morgan fingerprint density at radius 1 is 1.11 bits per heavy atom. The smallest absolute Gasteiger partial charge is 0.161 e. The van der Waals surface area contributed by atoms with Crippen molar-refractivity contribution in [1.29, 1.82) is 0 Å². The van der Waals surface area contributed by atoms with Gasteiger partial charge < -0.3 is 14.4 Å². The van der Waals surface area contributed by atoms with Crippen LogP contribution in [0.4, 0.5) is 0 Å². The highest BCUT2D eigenvalue weighted by Gasteiger charge is 2.50. The number of benzene rings is 1. The van der Waals surface area contributed by atoms with E-state index in [-0.39, 0.29) is 5.41 Å². The maximum absolute atomic E-state index is 12.2. The molecule has 1 aromatic carbocycles. The highest BCUT2D eigenvalue weighted by atomic mass is 16.5. The third kappa shape index (κ3) is 3.45. The van der Waals surface area contributed by atoms with Gasteiger partial charge in [0.2, 0.25) is 0 Å². The predicted molar refractivity (Wildman–Crippen MR) is 109 cm³/mol. The highest BCUT2D eigenvalue weighted by molar-refractivity contribution is 5.81. The maximum Gasteiger partial charge on any atom is 0.161 e. The van der Waals surface area contributed by atoms with E-state index in [1.165, 1.54) is 31.2 Å². The summed E-state index contributed by atoms with van der Waals surface area (Å²) in [7, 11) is 2.17. The monoisotopic (exact) mass is 383 g/mol. The van der Waals surface area contributed by atoms with Crippen LogP contribution in [0.15, 0.2) is 18.2 Å². The van der Waals surface area contributed by atoms with Crippen molar-refractivity contribution in [2.45, 2.75) is 81.8 Å². The summed E-state index contributed by atoms with van der Waals surface area (Å²) < 4.78 is 12.6. The molecule has 3 aliphatic carbocycles. The number of ketones is 1. The van der Waals surface area contributed by atoms with E-state index < -0.39 is 0 Å². The molecular weight excluding hydrogens is 350 g/mol. The van der Waals surface area contributed by atoms with Crippen LogP contribution in [0.25, 0.3) is 0 Å². The Labute approximate surface area is 168 Å². The zero-order valence-corrected chi connectivity index (χ0v) is 17.1. The summed E-state index contributed by atoms with van der Waals surface area (Å²) in [6.45, 7) is 1.88. The predicted octanol–water partition coefficient (Wildman–Crippen LogP) is 4.49. The second-order valence-corrected chi connectivity index (χ2v) is 9.59. The molecule has 4 aliphatic rings. The van der Waals surface area contributed by atoms with Gasteiger partial charge in [-0.25, -0.2) is 0 Å². The van der Waals surface area contributed by atoms with Crippen molar-refractivity contribution < 1.29 is 14.3 Å². The van der Waals surface area contributed by atoms with E-state index in [1.807, 2.05) is 0 Å². The van der Waals surface area contributed by atoms with E-state index in [9.17, 15) is 4.79 Å². The topological polar surface area (TPSA) is 38.8 Å². The number of likely N-dealkylation sites (N-methyl/N-ethyl adjacent to an activating group) is 1. The van der Waals surface area contributed by atoms with E-state index in [1.54, 1.807) is 0 Å². The lowest BCUT2D eigenvalue weighted by Crippen LogP contribution is -2.46. The van der Waals surface area contributed by atoms with Gasteiger partial charge >= 0.3 is 0 Å². The van der Waals surface area contributed by atoms with Crippen LogP contribution in [0, 0.1) is 5.92 Å². The quantitative estimate of drug-likeness (QED) is 0.725. The van der Waals surface area contributed by atoms with Gasteiger partial charge in [0.1, 0.15) is 5.78 Å². The number of Topliss-reactive ketones (excluding diaryl/α,β-unsaturated/α-hetero) is 1. The minimum absolute atomic E-state index is 0.0888. The average Bonchev–Trinajstić information content (AvgIpc) is 3.28. The van der Waals surface area contributed by atoms with Gasteiger partial charge in [-0.15, -0.1) is 0 Å². The van der Waals surface area contributed by atoms with E-state index in [0.717, 1.165) is 56.3 Å². The lowest BCUT2D eigenvalue weighted by Gasteiger charge is -2.41. The van der Waals surface area contributed by atoms with Crippen LogP contribution >= 0.6 is 0 Å². The molecule has 5 rings (SSSR count). The van der Waals surface area contributed by atoms with Crippen molar-refractivity contribution in [3.05, 3.63) is 23.8 Å². The Kier molecular flexibility index (Phi) is 4.86. The second-order valence-electron chi connectivity index (χ2n) is 9.59. The van der Waals surface area contributed by atoms with E-state index in [4.69, 9.17) is 9.47 Å². The molecule has 1 heterocycles. The third-order valence-electron chi connectivity index (χ3n) is 7.64. The number of fused-ring (bicyclic) bond motifs is 1. The molecule has 1 aromatic rings. The van der Waals surface area contributed by atoms with Crippen LogP contribution in [0.1, 0.15) is 69.8 Å². The summed E-state index contributed by atoms with van der Waals surface area (Å²) in [5, 5.41) is 0. The Morgan fingerprint density at radius 3 is 2.71 bits per heavy atom. The van der Waals surface area contributed by atoms with Gasteiger partial charge in [0.25, 0.3) is 0 Å². The summed E-state index contributed by atoms with van der Waals surface area (Å²) in [5.74, 6) is 2.99. The zero-order chi connectivity index (χ0) is 19.1. The van der Waals surface area contributed by atoms with E-state index >= 15 is 0 Å². The molecule has 4 nitrogen and oxygen atoms in total. The number of hydrogen-bond donors (Lipinski definition) is 0. The lowest BCUT2D eigenvalue weighted by atomic mass is 9.66. The molecule has 0 spiro atoms. The Bertz CT molecular complexity index is 737. The fourth-order valence-electron chi connectivity index (χ4n) is 5.63. The van der Waals surface area contributed by atoms with Gasteiger partial charge in [-0.2, -0.15) is 0 Å². The van der Waals surface area contributed by atoms with Crippen LogP contribution in [-0.4, -0.2) is 43.0 Å². The first-order chi connectivity index (χ1) is 13.6. The SMILES string of the molecule is CN1CC[C@]2(c3ccc(OCC4CC4)c(OC4CCCC4)c3)CCC(=O)C[C@H]12. The first-order valence-electron chi connectivity index (χ1n) is 11.3. The lowest BCUT2D eigenvalue weighted by molar-refractivity contribution is -0.122. The van der Waals surface area contributed by atoms with Crippen molar-refractivity contribution in [2.24, 2.45) is 5.92 Å². The second kappa shape index (κ2) is 7.37. The molecule has 4 heteroatoms. The van der Waals surface area contributed by atoms with Gasteiger partial charge in [0.15, 0.2) is 11.5 Å². The van der Waals surface area contributed by atoms with Gasteiger partial charge in [-0.3, -0.25) is 4.79 Å². The van der Waals surface area contributed by atoms with Crippen molar-refractivity contribution in [3.8, 4) is 11.5 Å². The number of rotatable bonds is 6. The molecule has 0 N–H and O–H groups in total. The third-order valence-corrected chi connectivity index (χ3v) is 7.64. The van der Waals surface area contributed by atoms with Gasteiger partial charge in [0.05, 0.1) is 12.7 Å². The summed E-state index contributed by atoms with van der Waals surface area (Å²) in [5.41, 5.74) is 1.44. The molecule has 28 heavy (non-hydrogen) atoms.